The van der Waals surface area contributed by atoms with Crippen LogP contribution in [0.15, 0.2) is 15.9 Å². The van der Waals surface area contributed by atoms with Gasteiger partial charge in [-0.2, -0.15) is 0 Å². The predicted molar refractivity (Wildman–Crippen MR) is 72.7 cm³/mol. The zero-order valence-corrected chi connectivity index (χ0v) is 12.0. The van der Waals surface area contributed by atoms with Crippen molar-refractivity contribution in [3.8, 4) is 0 Å². The Bertz CT molecular complexity index is 317. The summed E-state index contributed by atoms with van der Waals surface area (Å²) >= 11 is 5.14. The molecule has 3 nitrogen and oxygen atoms in total. The minimum atomic E-state index is -0.281. The molecule has 0 aliphatic rings. The van der Waals surface area contributed by atoms with Gasteiger partial charge in [-0.25, -0.2) is 0 Å². The lowest BCUT2D eigenvalue weighted by atomic mass is 10.1. The van der Waals surface area contributed by atoms with Crippen molar-refractivity contribution in [2.24, 2.45) is 5.73 Å². The van der Waals surface area contributed by atoms with Gasteiger partial charge in [0.2, 0.25) is 0 Å². The van der Waals surface area contributed by atoms with Gasteiger partial charge in [0.25, 0.3) is 0 Å². The number of aliphatic hydroxyl groups is 1. The summed E-state index contributed by atoms with van der Waals surface area (Å²) in [6.07, 6.45) is 0.458. The number of thiophene rings is 1. The van der Waals surface area contributed by atoms with Gasteiger partial charge >= 0.3 is 0 Å². The van der Waals surface area contributed by atoms with E-state index in [0.29, 0.717) is 6.54 Å². The second-order valence-corrected chi connectivity index (χ2v) is 6.58. The van der Waals surface area contributed by atoms with Crippen molar-refractivity contribution in [3.05, 3.63) is 20.8 Å². The molecule has 3 atom stereocenters. The topological polar surface area (TPSA) is 58.3 Å². The highest BCUT2D eigenvalue weighted by molar-refractivity contribution is 9.11. The summed E-state index contributed by atoms with van der Waals surface area (Å²) in [4.78, 5) is 1.23. The molecule has 0 aliphatic carbocycles. The predicted octanol–water partition coefficient (Wildman–Crippen LogP) is 2.26. The molecular weight excluding hydrogens is 288 g/mol. The summed E-state index contributed by atoms with van der Waals surface area (Å²) < 4.78 is 1.12. The zero-order chi connectivity index (χ0) is 12.1. The van der Waals surface area contributed by atoms with Crippen LogP contribution in [0.1, 0.15) is 31.2 Å². The second-order valence-electron chi connectivity index (χ2n) is 4.08. The molecule has 0 saturated carbocycles. The van der Waals surface area contributed by atoms with Gasteiger partial charge in [-0.05, 0) is 48.3 Å². The molecule has 1 aromatic heterocycles. The number of hydrogen-bond donors (Lipinski definition) is 3. The molecule has 1 aromatic rings. The average Bonchev–Trinajstić information content (AvgIpc) is 2.60. The van der Waals surface area contributed by atoms with Crippen molar-refractivity contribution in [1.82, 2.24) is 5.32 Å². The van der Waals surface area contributed by atoms with Crippen LogP contribution in [0.25, 0.3) is 0 Å². The minimum Gasteiger partial charge on any atom is -0.393 e. The first-order valence-corrected chi connectivity index (χ1v) is 7.03. The van der Waals surface area contributed by atoms with Crippen molar-refractivity contribution in [2.45, 2.75) is 38.5 Å². The van der Waals surface area contributed by atoms with Crippen LogP contribution in [0.2, 0.25) is 0 Å². The van der Waals surface area contributed by atoms with E-state index in [4.69, 9.17) is 5.73 Å². The molecule has 3 unspecified atom stereocenters. The lowest BCUT2D eigenvalue weighted by Crippen LogP contribution is -2.36. The van der Waals surface area contributed by atoms with Gasteiger partial charge in [-0.3, -0.25) is 0 Å². The lowest BCUT2D eigenvalue weighted by Gasteiger charge is -2.22. The molecule has 0 radical (unpaired) electrons. The molecule has 1 heterocycles. The first-order valence-electron chi connectivity index (χ1n) is 5.42. The Hall–Kier alpha value is 0.0600. The van der Waals surface area contributed by atoms with Gasteiger partial charge in [0.05, 0.1) is 15.9 Å². The Balaban J connectivity index is 2.55. The lowest BCUT2D eigenvalue weighted by molar-refractivity contribution is 0.168. The first kappa shape index (κ1) is 14.1. The third kappa shape index (κ3) is 4.51. The van der Waals surface area contributed by atoms with Gasteiger partial charge in [0.1, 0.15) is 0 Å². The molecule has 16 heavy (non-hydrogen) atoms. The summed E-state index contributed by atoms with van der Waals surface area (Å²) in [7, 11) is 0. The number of aliphatic hydroxyl groups excluding tert-OH is 1. The molecule has 0 aliphatic heterocycles. The van der Waals surface area contributed by atoms with E-state index in [0.717, 1.165) is 10.2 Å². The molecular formula is C11H19BrN2OS. The fourth-order valence-corrected chi connectivity index (χ4v) is 3.20. The fourth-order valence-electron chi connectivity index (χ4n) is 1.71. The third-order valence-corrected chi connectivity index (χ3v) is 4.09. The summed E-state index contributed by atoms with van der Waals surface area (Å²) in [6.45, 7) is 4.44. The molecule has 5 heteroatoms. The highest BCUT2D eigenvalue weighted by Gasteiger charge is 2.15. The third-order valence-electron chi connectivity index (χ3n) is 2.35. The van der Waals surface area contributed by atoms with Crippen molar-refractivity contribution in [3.63, 3.8) is 0 Å². The highest BCUT2D eigenvalue weighted by atomic mass is 79.9. The summed E-state index contributed by atoms with van der Waals surface area (Å²) in [6, 6.07) is 4.54. The van der Waals surface area contributed by atoms with Crippen molar-refractivity contribution in [2.75, 3.05) is 6.54 Å². The molecule has 0 aromatic carbocycles. The van der Waals surface area contributed by atoms with Gasteiger partial charge in [-0.15, -0.1) is 11.3 Å². The average molecular weight is 307 g/mol. The molecule has 0 fully saturated rings. The van der Waals surface area contributed by atoms with Crippen LogP contribution in [-0.2, 0) is 0 Å². The van der Waals surface area contributed by atoms with E-state index in [-0.39, 0.29) is 18.2 Å². The molecule has 0 spiro atoms. The first-order chi connectivity index (χ1) is 7.52. The number of nitrogens with one attached hydrogen (secondary N) is 1. The number of halogens is 1. The van der Waals surface area contributed by atoms with Crippen molar-refractivity contribution in [1.29, 1.82) is 0 Å². The second kappa shape index (κ2) is 6.71. The summed E-state index contributed by atoms with van der Waals surface area (Å²) in [5, 5.41) is 12.7. The van der Waals surface area contributed by atoms with Crippen LogP contribution in [0.4, 0.5) is 0 Å². The van der Waals surface area contributed by atoms with Crippen LogP contribution >= 0.6 is 27.3 Å². The van der Waals surface area contributed by atoms with E-state index in [9.17, 15) is 5.11 Å². The molecule has 4 N–H and O–H groups in total. The van der Waals surface area contributed by atoms with Crippen LogP contribution < -0.4 is 11.1 Å². The molecule has 0 amide bonds. The van der Waals surface area contributed by atoms with Crippen LogP contribution in [0.3, 0.4) is 0 Å². The molecule has 0 saturated heterocycles. The fraction of sp³-hybridized carbons (Fsp3) is 0.636. The highest BCUT2D eigenvalue weighted by Crippen LogP contribution is 2.27. The standard InChI is InChI=1S/C11H19BrN2OS/c1-7(5-8(2)15)14-9(6-13)10-3-4-11(12)16-10/h3-4,7-9,14-15H,5-6,13H2,1-2H3. The quantitative estimate of drug-likeness (QED) is 0.755. The Morgan fingerprint density at radius 3 is 2.62 bits per heavy atom. The van der Waals surface area contributed by atoms with Gasteiger partial charge < -0.3 is 16.2 Å². The largest absolute Gasteiger partial charge is 0.393 e. The zero-order valence-electron chi connectivity index (χ0n) is 9.61. The normalized spacial score (nSPS) is 17.1. The van der Waals surface area contributed by atoms with Crippen LogP contribution in [-0.4, -0.2) is 23.8 Å². The smallest absolute Gasteiger partial charge is 0.0702 e. The van der Waals surface area contributed by atoms with E-state index in [1.54, 1.807) is 18.3 Å². The minimum absolute atomic E-state index is 0.171. The maximum Gasteiger partial charge on any atom is 0.0702 e. The van der Waals surface area contributed by atoms with Crippen LogP contribution in [0, 0.1) is 0 Å². The maximum atomic E-state index is 9.31. The monoisotopic (exact) mass is 306 g/mol. The van der Waals surface area contributed by atoms with E-state index in [1.165, 1.54) is 4.88 Å². The van der Waals surface area contributed by atoms with E-state index in [2.05, 4.69) is 34.2 Å². The summed E-state index contributed by atoms with van der Waals surface area (Å²) in [5.74, 6) is 0. The van der Waals surface area contributed by atoms with Gasteiger partial charge in [0.15, 0.2) is 0 Å². The Labute approximate surface area is 109 Å². The number of nitrogens with two attached hydrogens (primary N) is 1. The summed E-state index contributed by atoms with van der Waals surface area (Å²) in [5.41, 5.74) is 5.76. The van der Waals surface area contributed by atoms with Crippen LogP contribution in [0.5, 0.6) is 0 Å². The SMILES string of the molecule is CC(O)CC(C)NC(CN)c1ccc(Br)s1. The molecule has 0 bridgehead atoms. The maximum absolute atomic E-state index is 9.31. The molecule has 92 valence electrons. The van der Waals surface area contributed by atoms with Gasteiger partial charge in [0, 0.05) is 17.5 Å². The van der Waals surface area contributed by atoms with E-state index < -0.39 is 0 Å². The van der Waals surface area contributed by atoms with Gasteiger partial charge in [-0.1, -0.05) is 0 Å². The molecule has 1 rings (SSSR count). The van der Waals surface area contributed by atoms with E-state index in [1.807, 2.05) is 6.07 Å². The van der Waals surface area contributed by atoms with Crippen molar-refractivity contribution >= 4 is 27.3 Å². The Kier molecular flexibility index (Phi) is 5.92. The Morgan fingerprint density at radius 1 is 1.50 bits per heavy atom. The Morgan fingerprint density at radius 2 is 2.19 bits per heavy atom. The van der Waals surface area contributed by atoms with E-state index >= 15 is 0 Å². The number of rotatable bonds is 6. The number of hydrogen-bond acceptors (Lipinski definition) is 4. The van der Waals surface area contributed by atoms with Crippen molar-refractivity contribution < 1.29 is 5.11 Å².